The van der Waals surface area contributed by atoms with Crippen molar-refractivity contribution in [3.05, 3.63) is 52.0 Å². The third-order valence-corrected chi connectivity index (χ3v) is 5.03. The molecule has 0 spiro atoms. The van der Waals surface area contributed by atoms with Crippen LogP contribution in [0.4, 0.5) is 11.4 Å². The number of esters is 1. The number of anilines is 2. The van der Waals surface area contributed by atoms with Crippen molar-refractivity contribution in [1.82, 2.24) is 0 Å². The van der Waals surface area contributed by atoms with Crippen LogP contribution in [0.15, 0.2) is 41.3 Å². The van der Waals surface area contributed by atoms with Crippen molar-refractivity contribution in [3.63, 3.8) is 0 Å². The van der Waals surface area contributed by atoms with Gasteiger partial charge in [-0.25, -0.2) is 13.2 Å². The van der Waals surface area contributed by atoms with Gasteiger partial charge in [-0.05, 0) is 43.3 Å². The summed E-state index contributed by atoms with van der Waals surface area (Å²) in [6.45, 7) is 1.92. The van der Waals surface area contributed by atoms with Crippen molar-refractivity contribution < 1.29 is 17.9 Å². The fourth-order valence-electron chi connectivity index (χ4n) is 1.84. The summed E-state index contributed by atoms with van der Waals surface area (Å²) in [5.41, 5.74) is 6.21. The lowest BCUT2D eigenvalue weighted by molar-refractivity contribution is 0.0526. The van der Waals surface area contributed by atoms with E-state index in [2.05, 4.69) is 4.72 Å². The average Bonchev–Trinajstić information content (AvgIpc) is 2.52. The topological polar surface area (TPSA) is 98.5 Å². The first-order valence-corrected chi connectivity index (χ1v) is 9.03. The Labute approximate surface area is 149 Å². The molecule has 0 radical (unpaired) electrons. The monoisotopic (exact) mass is 388 g/mol. The van der Waals surface area contributed by atoms with Crippen molar-refractivity contribution in [2.75, 3.05) is 17.1 Å². The molecule has 0 atom stereocenters. The Hall–Kier alpha value is -1.96. The van der Waals surface area contributed by atoms with Gasteiger partial charge in [-0.1, -0.05) is 23.2 Å². The SMILES string of the molecule is CCOC(=O)c1ccc(S(=O)(=O)Nc2cc(Cl)c(N)c(Cl)c2)cc1. The Kier molecular flexibility index (Phi) is 5.58. The molecule has 2 rings (SSSR count). The number of nitrogens with two attached hydrogens (primary N) is 1. The molecule has 9 heteroatoms. The third-order valence-electron chi connectivity index (χ3n) is 3.01. The molecule has 24 heavy (non-hydrogen) atoms. The van der Waals surface area contributed by atoms with E-state index in [1.54, 1.807) is 6.92 Å². The minimum absolute atomic E-state index is 0.0281. The van der Waals surface area contributed by atoms with E-state index >= 15 is 0 Å². The summed E-state index contributed by atoms with van der Waals surface area (Å²) in [5, 5.41) is 0.274. The zero-order valence-electron chi connectivity index (χ0n) is 12.5. The summed E-state index contributed by atoms with van der Waals surface area (Å²) in [6.07, 6.45) is 0. The van der Waals surface area contributed by atoms with Gasteiger partial charge >= 0.3 is 5.97 Å². The zero-order chi connectivity index (χ0) is 17.9. The molecule has 0 unspecified atom stereocenters. The zero-order valence-corrected chi connectivity index (χ0v) is 14.9. The second-order valence-electron chi connectivity index (χ2n) is 4.70. The molecule has 128 valence electrons. The smallest absolute Gasteiger partial charge is 0.338 e. The second-order valence-corrected chi connectivity index (χ2v) is 7.20. The van der Waals surface area contributed by atoms with E-state index in [4.69, 9.17) is 33.7 Å². The van der Waals surface area contributed by atoms with Gasteiger partial charge in [0.15, 0.2) is 0 Å². The average molecular weight is 389 g/mol. The highest BCUT2D eigenvalue weighted by Gasteiger charge is 2.17. The molecule has 6 nitrogen and oxygen atoms in total. The van der Waals surface area contributed by atoms with E-state index in [1.807, 2.05) is 0 Å². The lowest BCUT2D eigenvalue weighted by Gasteiger charge is -2.11. The number of benzene rings is 2. The van der Waals surface area contributed by atoms with Crippen molar-refractivity contribution in [2.24, 2.45) is 0 Å². The first-order chi connectivity index (χ1) is 11.2. The maximum atomic E-state index is 12.4. The predicted octanol–water partition coefficient (Wildman–Crippen LogP) is 3.55. The fraction of sp³-hybridized carbons (Fsp3) is 0.133. The normalized spacial score (nSPS) is 11.1. The van der Waals surface area contributed by atoms with Gasteiger partial charge in [-0.3, -0.25) is 4.72 Å². The van der Waals surface area contributed by atoms with Crippen LogP contribution in [0.3, 0.4) is 0 Å². The quantitative estimate of drug-likeness (QED) is 0.602. The molecule has 0 heterocycles. The van der Waals surface area contributed by atoms with Gasteiger partial charge in [-0.15, -0.1) is 0 Å². The van der Waals surface area contributed by atoms with Crippen LogP contribution in [0, 0.1) is 0 Å². The molecule has 0 fully saturated rings. The van der Waals surface area contributed by atoms with E-state index in [1.165, 1.54) is 36.4 Å². The number of nitrogen functional groups attached to an aromatic ring is 1. The maximum Gasteiger partial charge on any atom is 0.338 e. The fourth-order valence-corrected chi connectivity index (χ4v) is 3.37. The van der Waals surface area contributed by atoms with E-state index < -0.39 is 16.0 Å². The number of halogens is 2. The van der Waals surface area contributed by atoms with Gasteiger partial charge < -0.3 is 10.5 Å². The molecule has 0 saturated carbocycles. The highest BCUT2D eigenvalue weighted by Crippen LogP contribution is 2.32. The molecule has 0 bridgehead atoms. The Morgan fingerprint density at radius 2 is 1.71 bits per heavy atom. The van der Waals surface area contributed by atoms with Crippen LogP contribution in [0.5, 0.6) is 0 Å². The standard InChI is InChI=1S/C15H14Cl2N2O4S/c1-2-23-15(20)9-3-5-11(6-4-9)24(21,22)19-10-7-12(16)14(18)13(17)8-10/h3-8,19H,2,18H2,1H3. The molecule has 3 N–H and O–H groups in total. The van der Waals surface area contributed by atoms with Crippen LogP contribution in [0.1, 0.15) is 17.3 Å². The van der Waals surface area contributed by atoms with E-state index in [9.17, 15) is 13.2 Å². The van der Waals surface area contributed by atoms with Crippen molar-refractivity contribution in [1.29, 1.82) is 0 Å². The minimum atomic E-state index is -3.87. The second kappa shape index (κ2) is 7.29. The molecule has 0 amide bonds. The van der Waals surface area contributed by atoms with Gasteiger partial charge in [0, 0.05) is 0 Å². The lowest BCUT2D eigenvalue weighted by atomic mass is 10.2. The van der Waals surface area contributed by atoms with Gasteiger partial charge in [0.1, 0.15) is 0 Å². The Morgan fingerprint density at radius 3 is 2.21 bits per heavy atom. The molecule has 0 aliphatic heterocycles. The summed E-state index contributed by atoms with van der Waals surface area (Å²) in [4.78, 5) is 11.5. The summed E-state index contributed by atoms with van der Waals surface area (Å²) >= 11 is 11.8. The van der Waals surface area contributed by atoms with Crippen LogP contribution in [-0.2, 0) is 14.8 Å². The predicted molar refractivity (Wildman–Crippen MR) is 94.1 cm³/mol. The lowest BCUT2D eigenvalue weighted by Crippen LogP contribution is -2.13. The number of nitrogens with one attached hydrogen (secondary N) is 1. The number of hydrogen-bond acceptors (Lipinski definition) is 5. The molecule has 0 saturated heterocycles. The Bertz CT molecular complexity index is 845. The van der Waals surface area contributed by atoms with Gasteiger partial charge in [0.05, 0.1) is 38.5 Å². The number of carbonyl (C=O) groups is 1. The van der Waals surface area contributed by atoms with Gasteiger partial charge in [0.2, 0.25) is 0 Å². The number of ether oxygens (including phenoxy) is 1. The van der Waals surface area contributed by atoms with Crippen LogP contribution >= 0.6 is 23.2 Å². The molecule has 2 aromatic carbocycles. The summed E-state index contributed by atoms with van der Waals surface area (Å²) < 4.78 is 31.9. The van der Waals surface area contributed by atoms with Crippen LogP contribution in [0.25, 0.3) is 0 Å². The number of hydrogen-bond donors (Lipinski definition) is 2. The van der Waals surface area contributed by atoms with Gasteiger partial charge in [0.25, 0.3) is 10.0 Å². The van der Waals surface area contributed by atoms with Crippen molar-refractivity contribution in [2.45, 2.75) is 11.8 Å². The molecular formula is C15H14Cl2N2O4S. The molecule has 2 aromatic rings. The van der Waals surface area contributed by atoms with E-state index in [-0.39, 0.29) is 38.5 Å². The molecular weight excluding hydrogens is 375 g/mol. The maximum absolute atomic E-state index is 12.4. The Balaban J connectivity index is 2.26. The molecule has 0 aliphatic carbocycles. The van der Waals surface area contributed by atoms with Crippen LogP contribution < -0.4 is 10.5 Å². The van der Waals surface area contributed by atoms with Crippen LogP contribution in [0.2, 0.25) is 10.0 Å². The largest absolute Gasteiger partial charge is 0.462 e. The first kappa shape index (κ1) is 18.4. The van der Waals surface area contributed by atoms with Crippen molar-refractivity contribution in [3.8, 4) is 0 Å². The Morgan fingerprint density at radius 1 is 1.17 bits per heavy atom. The summed E-state index contributed by atoms with van der Waals surface area (Å²) in [7, 11) is -3.87. The highest BCUT2D eigenvalue weighted by molar-refractivity contribution is 7.92. The summed E-state index contributed by atoms with van der Waals surface area (Å²) in [5.74, 6) is -0.522. The summed E-state index contributed by atoms with van der Waals surface area (Å²) in [6, 6.07) is 8.05. The molecule has 0 aliphatic rings. The first-order valence-electron chi connectivity index (χ1n) is 6.79. The minimum Gasteiger partial charge on any atom is -0.462 e. The highest BCUT2D eigenvalue weighted by atomic mass is 35.5. The number of carbonyl (C=O) groups excluding carboxylic acids is 1. The van der Waals surface area contributed by atoms with E-state index in [0.717, 1.165) is 0 Å². The van der Waals surface area contributed by atoms with Gasteiger partial charge in [-0.2, -0.15) is 0 Å². The third kappa shape index (κ3) is 4.11. The molecule has 0 aromatic heterocycles. The number of rotatable bonds is 5. The van der Waals surface area contributed by atoms with E-state index in [0.29, 0.717) is 0 Å². The van der Waals surface area contributed by atoms with Crippen LogP contribution in [-0.4, -0.2) is 21.0 Å². The number of sulfonamides is 1. The van der Waals surface area contributed by atoms with Crippen molar-refractivity contribution >= 4 is 50.6 Å².